The predicted molar refractivity (Wildman–Crippen MR) is 76.5 cm³/mol. The van der Waals surface area contributed by atoms with Gasteiger partial charge in [0.25, 0.3) is 0 Å². The van der Waals surface area contributed by atoms with Gasteiger partial charge in [0.1, 0.15) is 11.6 Å². The van der Waals surface area contributed by atoms with E-state index in [4.69, 9.17) is 9.84 Å². The van der Waals surface area contributed by atoms with Crippen molar-refractivity contribution in [3.63, 3.8) is 0 Å². The lowest BCUT2D eigenvalue weighted by molar-refractivity contribution is 0.152. The number of nitrogens with zero attached hydrogens (tertiary/aromatic N) is 1. The van der Waals surface area contributed by atoms with Gasteiger partial charge < -0.3 is 15.2 Å². The molecule has 0 aliphatic carbocycles. The monoisotopic (exact) mass is 282 g/mol. The summed E-state index contributed by atoms with van der Waals surface area (Å²) in [6, 6.07) is 4.75. The Morgan fingerprint density at radius 2 is 2.15 bits per heavy atom. The highest BCUT2D eigenvalue weighted by Crippen LogP contribution is 2.33. The van der Waals surface area contributed by atoms with E-state index in [9.17, 15) is 4.39 Å². The second-order valence-corrected chi connectivity index (χ2v) is 5.05. The first-order valence-corrected chi connectivity index (χ1v) is 7.15. The fraction of sp³-hybridized carbons (Fsp3) is 0.600. The van der Waals surface area contributed by atoms with Crippen LogP contribution in [0.25, 0.3) is 0 Å². The van der Waals surface area contributed by atoms with Crippen LogP contribution in [0.1, 0.15) is 24.4 Å². The summed E-state index contributed by atoms with van der Waals surface area (Å²) in [7, 11) is 1.61. The molecule has 0 amide bonds. The Labute approximate surface area is 119 Å². The molecule has 1 atom stereocenters. The molecule has 1 aromatic rings. The van der Waals surface area contributed by atoms with Gasteiger partial charge in [0, 0.05) is 44.4 Å². The number of rotatable bonds is 6. The molecule has 0 unspecified atom stereocenters. The third-order valence-electron chi connectivity index (χ3n) is 3.78. The number of hydrogen-bond acceptors (Lipinski definition) is 4. The summed E-state index contributed by atoms with van der Waals surface area (Å²) in [5.41, 5.74) is 0.878. The van der Waals surface area contributed by atoms with E-state index >= 15 is 0 Å². The molecule has 1 aliphatic heterocycles. The summed E-state index contributed by atoms with van der Waals surface area (Å²) < 4.78 is 19.0. The van der Waals surface area contributed by atoms with E-state index in [1.807, 2.05) is 0 Å². The van der Waals surface area contributed by atoms with Crippen molar-refractivity contribution >= 4 is 0 Å². The lowest BCUT2D eigenvalue weighted by Crippen LogP contribution is -2.45. The first-order valence-electron chi connectivity index (χ1n) is 7.15. The minimum atomic E-state index is -0.245. The molecular weight excluding hydrogens is 259 g/mol. The SMILES string of the molecule is COc1ccc(F)cc1[C@H](CCCO)N1CCNCC1. The van der Waals surface area contributed by atoms with Crippen molar-refractivity contribution in [3.05, 3.63) is 29.6 Å². The molecule has 2 rings (SSSR count). The molecule has 5 heteroatoms. The third-order valence-corrected chi connectivity index (χ3v) is 3.78. The molecular formula is C15H23FN2O2. The van der Waals surface area contributed by atoms with Crippen LogP contribution in [0.3, 0.4) is 0 Å². The van der Waals surface area contributed by atoms with E-state index in [2.05, 4.69) is 10.2 Å². The Morgan fingerprint density at radius 3 is 2.80 bits per heavy atom. The van der Waals surface area contributed by atoms with Crippen LogP contribution in [0.2, 0.25) is 0 Å². The Kier molecular flexibility index (Phi) is 5.76. The Morgan fingerprint density at radius 1 is 1.40 bits per heavy atom. The van der Waals surface area contributed by atoms with Crippen LogP contribution in [0, 0.1) is 5.82 Å². The number of aliphatic hydroxyl groups excluding tert-OH is 1. The van der Waals surface area contributed by atoms with Crippen LogP contribution < -0.4 is 10.1 Å². The van der Waals surface area contributed by atoms with Crippen molar-refractivity contribution in [1.82, 2.24) is 10.2 Å². The van der Waals surface area contributed by atoms with Crippen LogP contribution in [0.5, 0.6) is 5.75 Å². The molecule has 1 fully saturated rings. The van der Waals surface area contributed by atoms with Crippen molar-refractivity contribution < 1.29 is 14.2 Å². The number of piperazine rings is 1. The molecule has 0 aromatic heterocycles. The van der Waals surface area contributed by atoms with Gasteiger partial charge in [0.15, 0.2) is 0 Å². The maximum Gasteiger partial charge on any atom is 0.123 e. The first-order chi connectivity index (χ1) is 9.76. The molecule has 1 heterocycles. The molecule has 4 nitrogen and oxygen atoms in total. The Balaban J connectivity index is 2.26. The number of benzene rings is 1. The lowest BCUT2D eigenvalue weighted by atomic mass is 9.98. The van der Waals surface area contributed by atoms with Gasteiger partial charge >= 0.3 is 0 Å². The van der Waals surface area contributed by atoms with Crippen molar-refractivity contribution in [2.75, 3.05) is 39.9 Å². The molecule has 1 aliphatic rings. The maximum absolute atomic E-state index is 13.6. The topological polar surface area (TPSA) is 44.7 Å². The van der Waals surface area contributed by atoms with Crippen LogP contribution in [-0.4, -0.2) is 49.9 Å². The van der Waals surface area contributed by atoms with Crippen LogP contribution in [0.15, 0.2) is 18.2 Å². The number of aliphatic hydroxyl groups is 1. The molecule has 1 saturated heterocycles. The average Bonchev–Trinajstić information content (AvgIpc) is 2.49. The van der Waals surface area contributed by atoms with Crippen LogP contribution in [-0.2, 0) is 0 Å². The average molecular weight is 282 g/mol. The molecule has 112 valence electrons. The zero-order chi connectivity index (χ0) is 14.4. The molecule has 0 bridgehead atoms. The highest BCUT2D eigenvalue weighted by molar-refractivity contribution is 5.36. The number of nitrogens with one attached hydrogen (secondary N) is 1. The van der Waals surface area contributed by atoms with Crippen LogP contribution >= 0.6 is 0 Å². The van der Waals surface area contributed by atoms with E-state index in [1.54, 1.807) is 19.2 Å². The highest BCUT2D eigenvalue weighted by atomic mass is 19.1. The summed E-state index contributed by atoms with van der Waals surface area (Å²) in [5.74, 6) is 0.470. The maximum atomic E-state index is 13.6. The molecule has 0 saturated carbocycles. The van der Waals surface area contributed by atoms with Crippen molar-refractivity contribution in [3.8, 4) is 5.75 Å². The zero-order valence-electron chi connectivity index (χ0n) is 11.9. The van der Waals surface area contributed by atoms with Gasteiger partial charge in [-0.3, -0.25) is 4.90 Å². The Hall–Kier alpha value is -1.17. The summed E-state index contributed by atoms with van der Waals surface area (Å²) >= 11 is 0. The molecule has 0 spiro atoms. The lowest BCUT2D eigenvalue weighted by Gasteiger charge is -2.35. The molecule has 2 N–H and O–H groups in total. The van der Waals surface area contributed by atoms with E-state index in [1.165, 1.54) is 6.07 Å². The number of halogens is 1. The van der Waals surface area contributed by atoms with Crippen molar-refractivity contribution in [2.45, 2.75) is 18.9 Å². The number of hydrogen-bond donors (Lipinski definition) is 2. The smallest absolute Gasteiger partial charge is 0.123 e. The van der Waals surface area contributed by atoms with Gasteiger partial charge in [-0.15, -0.1) is 0 Å². The van der Waals surface area contributed by atoms with Crippen molar-refractivity contribution in [1.29, 1.82) is 0 Å². The normalized spacial score (nSPS) is 17.9. The predicted octanol–water partition coefficient (Wildman–Crippen LogP) is 1.55. The van der Waals surface area contributed by atoms with E-state index in [-0.39, 0.29) is 18.5 Å². The summed E-state index contributed by atoms with van der Waals surface area (Å²) in [6.45, 7) is 3.88. The minimum absolute atomic E-state index is 0.0925. The molecule has 1 aromatic carbocycles. The number of methoxy groups -OCH3 is 1. The van der Waals surface area contributed by atoms with Gasteiger partial charge in [-0.05, 0) is 31.0 Å². The van der Waals surface area contributed by atoms with Crippen LogP contribution in [0.4, 0.5) is 4.39 Å². The quantitative estimate of drug-likeness (QED) is 0.831. The number of ether oxygens (including phenoxy) is 1. The standard InChI is InChI=1S/C15H23FN2O2/c1-20-15-5-4-12(16)11-13(15)14(3-2-10-19)18-8-6-17-7-9-18/h4-5,11,14,17,19H,2-3,6-10H2,1H3/t14-/m0/s1. The second kappa shape index (κ2) is 7.57. The fourth-order valence-electron chi connectivity index (χ4n) is 2.78. The minimum Gasteiger partial charge on any atom is -0.496 e. The van der Waals surface area contributed by atoms with E-state index in [0.29, 0.717) is 12.2 Å². The van der Waals surface area contributed by atoms with E-state index in [0.717, 1.165) is 38.2 Å². The first kappa shape index (κ1) is 15.2. The van der Waals surface area contributed by atoms with Gasteiger partial charge in [0.05, 0.1) is 7.11 Å². The van der Waals surface area contributed by atoms with Gasteiger partial charge in [-0.25, -0.2) is 4.39 Å². The van der Waals surface area contributed by atoms with E-state index < -0.39 is 0 Å². The van der Waals surface area contributed by atoms with Gasteiger partial charge in [-0.2, -0.15) is 0 Å². The van der Waals surface area contributed by atoms with Crippen molar-refractivity contribution in [2.24, 2.45) is 0 Å². The second-order valence-electron chi connectivity index (χ2n) is 5.05. The van der Waals surface area contributed by atoms with Gasteiger partial charge in [-0.1, -0.05) is 0 Å². The van der Waals surface area contributed by atoms with Gasteiger partial charge in [0.2, 0.25) is 0 Å². The Bertz CT molecular complexity index is 422. The molecule has 0 radical (unpaired) electrons. The fourth-order valence-corrected chi connectivity index (χ4v) is 2.78. The zero-order valence-corrected chi connectivity index (χ0v) is 11.9. The summed E-state index contributed by atoms with van der Waals surface area (Å²) in [4.78, 5) is 2.34. The summed E-state index contributed by atoms with van der Waals surface area (Å²) in [5, 5.41) is 12.4. The highest BCUT2D eigenvalue weighted by Gasteiger charge is 2.24. The summed E-state index contributed by atoms with van der Waals surface area (Å²) in [6.07, 6.45) is 1.50. The molecule has 20 heavy (non-hydrogen) atoms. The largest absolute Gasteiger partial charge is 0.496 e. The third kappa shape index (κ3) is 3.69.